The summed E-state index contributed by atoms with van der Waals surface area (Å²) in [6.07, 6.45) is 8.33. The molecule has 192 valence electrons. The highest BCUT2D eigenvalue weighted by molar-refractivity contribution is 5.89. The lowest BCUT2D eigenvalue weighted by molar-refractivity contribution is -0.294. The summed E-state index contributed by atoms with van der Waals surface area (Å²) in [4.78, 5) is 14.1. The Labute approximate surface area is 206 Å². The van der Waals surface area contributed by atoms with Gasteiger partial charge in [-0.25, -0.2) is 0 Å². The summed E-state index contributed by atoms with van der Waals surface area (Å²) in [7, 11) is 0. The number of carbonyl (C=O) groups excluding carboxylic acids is 1. The first-order valence-corrected chi connectivity index (χ1v) is 14.2. The monoisotopic (exact) mass is 472 g/mol. The Balaban J connectivity index is 1.48. The third-order valence-corrected chi connectivity index (χ3v) is 14.0. The largest absolute Gasteiger partial charge is 0.393 e. The van der Waals surface area contributed by atoms with Gasteiger partial charge in [-0.05, 0) is 91.3 Å². The Morgan fingerprint density at radius 1 is 0.794 bits per heavy atom. The van der Waals surface area contributed by atoms with Gasteiger partial charge in [0.15, 0.2) is 6.29 Å². The summed E-state index contributed by atoms with van der Waals surface area (Å²) in [5.74, 6) is 1.42. The van der Waals surface area contributed by atoms with E-state index in [4.69, 9.17) is 4.74 Å². The highest BCUT2D eigenvalue weighted by atomic mass is 16.6. The zero-order chi connectivity index (χ0) is 24.7. The molecule has 0 aromatic carbocycles. The summed E-state index contributed by atoms with van der Waals surface area (Å²) >= 11 is 0. The molecule has 0 aromatic rings. The van der Waals surface area contributed by atoms with E-state index in [1.54, 1.807) is 0 Å². The molecule has 6 fully saturated rings. The minimum atomic E-state index is -0.946. The molecular weight excluding hydrogens is 424 g/mol. The molecule has 4 heteroatoms. The van der Waals surface area contributed by atoms with Gasteiger partial charge in [-0.3, -0.25) is 4.79 Å². The van der Waals surface area contributed by atoms with Crippen molar-refractivity contribution in [3.8, 4) is 0 Å². The molecule has 0 radical (unpaired) electrons. The smallest absolute Gasteiger partial charge is 0.168 e. The van der Waals surface area contributed by atoms with Crippen LogP contribution in [0.3, 0.4) is 0 Å². The summed E-state index contributed by atoms with van der Waals surface area (Å²) in [6, 6.07) is 0. The Morgan fingerprint density at radius 3 is 2.18 bits per heavy atom. The second-order valence-corrected chi connectivity index (χ2v) is 15.7. The molecule has 5 aliphatic carbocycles. The van der Waals surface area contributed by atoms with E-state index in [2.05, 4.69) is 48.5 Å². The van der Waals surface area contributed by atoms with Gasteiger partial charge in [-0.2, -0.15) is 0 Å². The fraction of sp³-hybridized carbons (Fsp3) is 0.967. The molecule has 1 heterocycles. The lowest BCUT2D eigenvalue weighted by atomic mass is 9.30. The van der Waals surface area contributed by atoms with Gasteiger partial charge in [0, 0.05) is 17.8 Å². The zero-order valence-corrected chi connectivity index (χ0v) is 22.7. The van der Waals surface area contributed by atoms with Gasteiger partial charge in [0.1, 0.15) is 5.78 Å². The van der Waals surface area contributed by atoms with E-state index in [1.807, 2.05) is 0 Å². The summed E-state index contributed by atoms with van der Waals surface area (Å²) in [5, 5.41) is 22.3. The van der Waals surface area contributed by atoms with Crippen LogP contribution in [-0.4, -0.2) is 34.0 Å². The average molecular weight is 473 g/mol. The highest BCUT2D eigenvalue weighted by Gasteiger charge is 2.82. The Hall–Kier alpha value is -0.450. The minimum absolute atomic E-state index is 0.0116. The Morgan fingerprint density at radius 2 is 1.47 bits per heavy atom. The zero-order valence-electron chi connectivity index (χ0n) is 22.7. The number of rotatable bonds is 0. The van der Waals surface area contributed by atoms with E-state index in [9.17, 15) is 15.0 Å². The maximum atomic E-state index is 14.1. The molecule has 0 amide bonds. The number of fused-ring (bicyclic) bond motifs is 4. The van der Waals surface area contributed by atoms with Crippen molar-refractivity contribution in [1.82, 2.24) is 0 Å². The van der Waals surface area contributed by atoms with E-state index in [-0.39, 0.29) is 44.9 Å². The highest BCUT2D eigenvalue weighted by Crippen LogP contribution is 2.80. The number of aliphatic hydroxyl groups is 2. The predicted molar refractivity (Wildman–Crippen MR) is 132 cm³/mol. The molecule has 1 spiro atoms. The average Bonchev–Trinajstić information content (AvgIpc) is 2.93. The molecular formula is C30H48O4. The molecule has 0 aromatic heterocycles. The molecule has 1 saturated heterocycles. The third-order valence-electron chi connectivity index (χ3n) is 14.0. The van der Waals surface area contributed by atoms with Crippen LogP contribution in [0.15, 0.2) is 0 Å². The van der Waals surface area contributed by atoms with Gasteiger partial charge < -0.3 is 14.9 Å². The van der Waals surface area contributed by atoms with Crippen molar-refractivity contribution in [2.24, 2.45) is 50.2 Å². The maximum Gasteiger partial charge on any atom is 0.168 e. The van der Waals surface area contributed by atoms with Crippen LogP contribution < -0.4 is 0 Å². The summed E-state index contributed by atoms with van der Waals surface area (Å²) < 4.78 is 6.82. The van der Waals surface area contributed by atoms with Crippen molar-refractivity contribution in [1.29, 1.82) is 0 Å². The molecule has 4 nitrogen and oxygen atoms in total. The topological polar surface area (TPSA) is 66.8 Å². The van der Waals surface area contributed by atoms with Crippen LogP contribution in [0.2, 0.25) is 0 Å². The van der Waals surface area contributed by atoms with Crippen LogP contribution in [0.4, 0.5) is 0 Å². The Bertz CT molecular complexity index is 925. The second-order valence-electron chi connectivity index (χ2n) is 15.7. The Kier molecular flexibility index (Phi) is 4.58. The number of ketones is 1. The van der Waals surface area contributed by atoms with Gasteiger partial charge in [0.2, 0.25) is 0 Å². The van der Waals surface area contributed by atoms with Gasteiger partial charge in [-0.15, -0.1) is 0 Å². The maximum absolute atomic E-state index is 14.1. The van der Waals surface area contributed by atoms with E-state index < -0.39 is 17.3 Å². The van der Waals surface area contributed by atoms with Gasteiger partial charge in [-0.1, -0.05) is 48.5 Å². The molecule has 34 heavy (non-hydrogen) atoms. The number of ether oxygens (including phenoxy) is 1. The number of carbonyl (C=O) groups is 1. The minimum Gasteiger partial charge on any atom is -0.393 e. The first-order valence-electron chi connectivity index (χ1n) is 14.2. The molecule has 1 aliphatic heterocycles. The molecule has 6 rings (SSSR count). The van der Waals surface area contributed by atoms with E-state index in [0.717, 1.165) is 57.8 Å². The van der Waals surface area contributed by atoms with Crippen molar-refractivity contribution in [3.63, 3.8) is 0 Å². The van der Waals surface area contributed by atoms with Gasteiger partial charge in [0.25, 0.3) is 0 Å². The van der Waals surface area contributed by atoms with Gasteiger partial charge >= 0.3 is 0 Å². The SMILES string of the molecule is CC1(C)CCC23C(=O)C[C@]4(C)[C@@](CCC5[C@@]6(C)CC[C@H](O)C(C)(C)C6CC[C@]54C)(O[C@@H]2O)C3C1. The number of Topliss-reactive ketones (excluding diaryl/α,β-unsaturated/α-hetero) is 1. The van der Waals surface area contributed by atoms with E-state index >= 15 is 0 Å². The van der Waals surface area contributed by atoms with Crippen LogP contribution in [0.5, 0.6) is 0 Å². The van der Waals surface area contributed by atoms with Crippen LogP contribution in [0.1, 0.15) is 113 Å². The number of aliphatic hydroxyl groups excluding tert-OH is 2. The lowest BCUT2D eigenvalue weighted by Crippen LogP contribution is -2.73. The number of hydrogen-bond donors (Lipinski definition) is 2. The first-order chi connectivity index (χ1) is 15.6. The predicted octanol–water partition coefficient (Wildman–Crippen LogP) is 5.88. The van der Waals surface area contributed by atoms with Crippen molar-refractivity contribution < 1.29 is 19.7 Å². The third kappa shape index (κ3) is 2.37. The van der Waals surface area contributed by atoms with E-state index in [0.29, 0.717) is 18.3 Å². The fourth-order valence-corrected chi connectivity index (χ4v) is 11.8. The van der Waals surface area contributed by atoms with Crippen LogP contribution in [0, 0.1) is 50.2 Å². The van der Waals surface area contributed by atoms with Crippen molar-refractivity contribution in [2.75, 3.05) is 0 Å². The van der Waals surface area contributed by atoms with Crippen LogP contribution in [0.25, 0.3) is 0 Å². The molecule has 2 bridgehead atoms. The quantitative estimate of drug-likeness (QED) is 0.462. The summed E-state index contributed by atoms with van der Waals surface area (Å²) in [5.41, 5.74) is -1.10. The molecule has 2 N–H and O–H groups in total. The molecule has 10 atom stereocenters. The summed E-state index contributed by atoms with van der Waals surface area (Å²) in [6.45, 7) is 16.6. The molecule has 6 aliphatic rings. The standard InChI is InChI=1S/C30H48O4/c1-24(2)14-15-29-20(16-24)30(34-23(29)33)13-9-19-26(5)11-10-21(31)25(3,4)18(26)8-12-27(19,6)28(30,7)17-22(29)32/h18-21,23,31,33H,8-17H2,1-7H3/t18?,19?,20?,21-,23-,26-,27+,28-,29?,30-/m0/s1. The van der Waals surface area contributed by atoms with Crippen LogP contribution in [-0.2, 0) is 9.53 Å². The normalized spacial score (nSPS) is 59.4. The molecule has 4 unspecified atom stereocenters. The lowest BCUT2D eigenvalue weighted by Gasteiger charge is -2.74. The molecule has 5 saturated carbocycles. The number of hydrogen-bond acceptors (Lipinski definition) is 4. The van der Waals surface area contributed by atoms with Crippen molar-refractivity contribution >= 4 is 5.78 Å². The van der Waals surface area contributed by atoms with Crippen molar-refractivity contribution in [3.05, 3.63) is 0 Å². The first kappa shape index (κ1) is 23.9. The fourth-order valence-electron chi connectivity index (χ4n) is 11.8. The van der Waals surface area contributed by atoms with Gasteiger partial charge in [0.05, 0.1) is 17.1 Å². The van der Waals surface area contributed by atoms with Crippen molar-refractivity contribution in [2.45, 2.75) is 131 Å². The second kappa shape index (κ2) is 6.51. The van der Waals surface area contributed by atoms with Crippen LogP contribution >= 0.6 is 0 Å². The van der Waals surface area contributed by atoms with E-state index in [1.165, 1.54) is 0 Å².